The Morgan fingerprint density at radius 1 is 1.29 bits per heavy atom. The molecule has 1 aliphatic heterocycles. The maximum Gasteiger partial charge on any atom is 0.312 e. The maximum atomic E-state index is 12.1. The van der Waals surface area contributed by atoms with Crippen LogP contribution in [0.1, 0.15) is 6.42 Å². The molecule has 1 aliphatic rings. The highest BCUT2D eigenvalue weighted by atomic mass is 16.5. The van der Waals surface area contributed by atoms with Crippen molar-refractivity contribution in [2.75, 3.05) is 60.0 Å². The molecule has 120 valence electrons. The van der Waals surface area contributed by atoms with E-state index in [2.05, 4.69) is 10.6 Å². The quantitative estimate of drug-likeness (QED) is 0.454. The molecule has 0 aromatic rings. The van der Waals surface area contributed by atoms with E-state index in [9.17, 15) is 14.4 Å². The third-order valence-electron chi connectivity index (χ3n) is 3.17. The molecule has 8 heteroatoms. The van der Waals surface area contributed by atoms with E-state index in [1.165, 1.54) is 19.1 Å². The van der Waals surface area contributed by atoms with Crippen LogP contribution in [0.2, 0.25) is 0 Å². The standard InChI is InChI=1S/C13H24N4O4/c1-16(10-11(18)15-6-9-21-2)12(19)13(20)17-7-3-4-14-5-8-17/h14H,3-10H2,1-2H3,(H,15,18). The number of carbonyl (C=O) groups excluding carboxylic acids is 3. The molecule has 8 nitrogen and oxygen atoms in total. The van der Waals surface area contributed by atoms with Crippen LogP contribution in [0.4, 0.5) is 0 Å². The highest BCUT2D eigenvalue weighted by Gasteiger charge is 2.26. The Morgan fingerprint density at radius 3 is 2.76 bits per heavy atom. The van der Waals surface area contributed by atoms with Gasteiger partial charge in [-0.05, 0) is 13.0 Å². The molecule has 21 heavy (non-hydrogen) atoms. The predicted octanol–water partition coefficient (Wildman–Crippen LogP) is -1.97. The highest BCUT2D eigenvalue weighted by Crippen LogP contribution is 1.99. The van der Waals surface area contributed by atoms with Crippen LogP contribution >= 0.6 is 0 Å². The molecule has 0 spiro atoms. The Morgan fingerprint density at radius 2 is 2.05 bits per heavy atom. The van der Waals surface area contributed by atoms with Crippen LogP contribution in [-0.4, -0.2) is 87.6 Å². The Balaban J connectivity index is 2.41. The summed E-state index contributed by atoms with van der Waals surface area (Å²) in [6.45, 7) is 3.24. The van der Waals surface area contributed by atoms with Gasteiger partial charge in [0.15, 0.2) is 0 Å². The molecule has 0 radical (unpaired) electrons. The SMILES string of the molecule is COCCNC(=O)CN(C)C(=O)C(=O)N1CCCNCC1. The summed E-state index contributed by atoms with van der Waals surface area (Å²) in [6.07, 6.45) is 0.820. The number of rotatable bonds is 5. The summed E-state index contributed by atoms with van der Waals surface area (Å²) in [5, 5.41) is 5.77. The molecule has 0 aromatic carbocycles. The van der Waals surface area contributed by atoms with Crippen molar-refractivity contribution in [1.82, 2.24) is 20.4 Å². The lowest BCUT2D eigenvalue weighted by Gasteiger charge is -2.23. The van der Waals surface area contributed by atoms with Gasteiger partial charge in [-0.15, -0.1) is 0 Å². The van der Waals surface area contributed by atoms with Gasteiger partial charge in [0.25, 0.3) is 0 Å². The summed E-state index contributed by atoms with van der Waals surface area (Å²) in [6, 6.07) is 0. The van der Waals surface area contributed by atoms with Gasteiger partial charge in [-0.2, -0.15) is 0 Å². The fourth-order valence-corrected chi connectivity index (χ4v) is 1.98. The molecular formula is C13H24N4O4. The fraction of sp³-hybridized carbons (Fsp3) is 0.769. The van der Waals surface area contributed by atoms with Gasteiger partial charge < -0.3 is 25.2 Å². The van der Waals surface area contributed by atoms with E-state index in [1.54, 1.807) is 0 Å². The average Bonchev–Trinajstić information content (AvgIpc) is 2.75. The lowest BCUT2D eigenvalue weighted by molar-refractivity contribution is -0.151. The summed E-state index contributed by atoms with van der Waals surface area (Å²) in [5.41, 5.74) is 0. The molecule has 0 atom stereocenters. The first-order valence-corrected chi connectivity index (χ1v) is 7.07. The number of nitrogens with zero attached hydrogens (tertiary/aromatic N) is 2. The second kappa shape index (κ2) is 9.30. The van der Waals surface area contributed by atoms with E-state index in [1.807, 2.05) is 0 Å². The third-order valence-corrected chi connectivity index (χ3v) is 3.17. The van der Waals surface area contributed by atoms with Gasteiger partial charge >= 0.3 is 11.8 Å². The van der Waals surface area contributed by atoms with Crippen LogP contribution in [0.25, 0.3) is 0 Å². The normalized spacial score (nSPS) is 15.2. The first kappa shape index (κ1) is 17.4. The zero-order chi connectivity index (χ0) is 15.7. The molecule has 1 rings (SSSR count). The largest absolute Gasteiger partial charge is 0.383 e. The van der Waals surface area contributed by atoms with Crippen molar-refractivity contribution in [2.45, 2.75) is 6.42 Å². The Bertz CT molecular complexity index is 367. The first-order valence-electron chi connectivity index (χ1n) is 7.07. The summed E-state index contributed by atoms with van der Waals surface area (Å²) in [5.74, 6) is -1.52. The van der Waals surface area contributed by atoms with Gasteiger partial charge in [0.05, 0.1) is 13.2 Å². The fourth-order valence-electron chi connectivity index (χ4n) is 1.98. The molecule has 0 bridgehead atoms. The third kappa shape index (κ3) is 6.09. The van der Waals surface area contributed by atoms with Crippen LogP contribution in [-0.2, 0) is 19.1 Å². The number of carbonyl (C=O) groups is 3. The monoisotopic (exact) mass is 300 g/mol. The topological polar surface area (TPSA) is 91.0 Å². The van der Waals surface area contributed by atoms with Crippen molar-refractivity contribution >= 4 is 17.7 Å². The van der Waals surface area contributed by atoms with Crippen LogP contribution < -0.4 is 10.6 Å². The van der Waals surface area contributed by atoms with E-state index in [0.29, 0.717) is 32.8 Å². The molecule has 0 unspecified atom stereocenters. The smallest absolute Gasteiger partial charge is 0.312 e. The summed E-state index contributed by atoms with van der Waals surface area (Å²) in [7, 11) is 2.99. The minimum absolute atomic E-state index is 0.139. The van der Waals surface area contributed by atoms with Crippen molar-refractivity contribution in [3.63, 3.8) is 0 Å². The summed E-state index contributed by atoms with van der Waals surface area (Å²) < 4.78 is 4.81. The summed E-state index contributed by atoms with van der Waals surface area (Å²) in [4.78, 5) is 38.4. The molecule has 1 heterocycles. The van der Waals surface area contributed by atoms with Crippen LogP contribution in [0.5, 0.6) is 0 Å². The number of methoxy groups -OCH3 is 1. The second-order valence-corrected chi connectivity index (χ2v) is 4.90. The number of amides is 3. The summed E-state index contributed by atoms with van der Waals surface area (Å²) >= 11 is 0. The van der Waals surface area contributed by atoms with Gasteiger partial charge in [0, 0.05) is 40.3 Å². The number of hydrogen-bond acceptors (Lipinski definition) is 5. The van der Waals surface area contributed by atoms with Gasteiger partial charge in [-0.3, -0.25) is 14.4 Å². The Labute approximate surface area is 124 Å². The molecule has 0 aliphatic carbocycles. The van der Waals surface area contributed by atoms with Crippen molar-refractivity contribution in [3.05, 3.63) is 0 Å². The lowest BCUT2D eigenvalue weighted by atomic mass is 10.3. The average molecular weight is 300 g/mol. The Hall–Kier alpha value is -1.67. The van der Waals surface area contributed by atoms with E-state index in [-0.39, 0.29) is 12.5 Å². The van der Waals surface area contributed by atoms with Gasteiger partial charge in [0.1, 0.15) is 0 Å². The molecule has 1 fully saturated rings. The number of nitrogens with one attached hydrogen (secondary N) is 2. The lowest BCUT2D eigenvalue weighted by Crippen LogP contribution is -2.48. The van der Waals surface area contributed by atoms with E-state index in [0.717, 1.165) is 17.9 Å². The van der Waals surface area contributed by atoms with E-state index in [4.69, 9.17) is 4.74 Å². The molecule has 0 aromatic heterocycles. The zero-order valence-corrected chi connectivity index (χ0v) is 12.7. The van der Waals surface area contributed by atoms with Crippen LogP contribution in [0, 0.1) is 0 Å². The minimum atomic E-state index is -0.654. The van der Waals surface area contributed by atoms with Crippen molar-refractivity contribution in [2.24, 2.45) is 0 Å². The molecular weight excluding hydrogens is 276 g/mol. The van der Waals surface area contributed by atoms with Gasteiger partial charge in [-0.25, -0.2) is 0 Å². The van der Waals surface area contributed by atoms with Crippen molar-refractivity contribution in [1.29, 1.82) is 0 Å². The maximum absolute atomic E-state index is 12.1. The highest BCUT2D eigenvalue weighted by molar-refractivity contribution is 6.35. The first-order chi connectivity index (χ1) is 10.1. The second-order valence-electron chi connectivity index (χ2n) is 4.90. The molecule has 1 saturated heterocycles. The zero-order valence-electron chi connectivity index (χ0n) is 12.7. The van der Waals surface area contributed by atoms with Crippen LogP contribution in [0.15, 0.2) is 0 Å². The van der Waals surface area contributed by atoms with E-state index >= 15 is 0 Å². The predicted molar refractivity (Wildman–Crippen MR) is 76.6 cm³/mol. The number of hydrogen-bond donors (Lipinski definition) is 2. The van der Waals surface area contributed by atoms with Gasteiger partial charge in [0.2, 0.25) is 5.91 Å². The minimum Gasteiger partial charge on any atom is -0.383 e. The molecule has 0 saturated carbocycles. The Kier molecular flexibility index (Phi) is 7.70. The van der Waals surface area contributed by atoms with Crippen LogP contribution in [0.3, 0.4) is 0 Å². The van der Waals surface area contributed by atoms with Crippen molar-refractivity contribution in [3.8, 4) is 0 Å². The van der Waals surface area contributed by atoms with Gasteiger partial charge in [-0.1, -0.05) is 0 Å². The van der Waals surface area contributed by atoms with Crippen molar-refractivity contribution < 1.29 is 19.1 Å². The molecule has 2 N–H and O–H groups in total. The van der Waals surface area contributed by atoms with E-state index < -0.39 is 11.8 Å². The number of likely N-dealkylation sites (N-methyl/N-ethyl adjacent to an activating group) is 1. The molecule has 3 amide bonds. The number of ether oxygens (including phenoxy) is 1.